The van der Waals surface area contributed by atoms with E-state index in [-0.39, 0.29) is 0 Å². The number of aromatic amines is 1. The highest BCUT2D eigenvalue weighted by molar-refractivity contribution is 7.99. The monoisotopic (exact) mass is 211 g/mol. The van der Waals surface area contributed by atoms with Gasteiger partial charge in [0.05, 0.1) is 6.20 Å². The minimum atomic E-state index is 0.882. The lowest BCUT2D eigenvalue weighted by atomic mass is 10.1. The van der Waals surface area contributed by atoms with Gasteiger partial charge < -0.3 is 5.32 Å². The summed E-state index contributed by atoms with van der Waals surface area (Å²) in [5.74, 6) is 3.56. The third-order valence-corrected chi connectivity index (χ3v) is 3.94. The van der Waals surface area contributed by atoms with Crippen LogP contribution in [0.4, 0.5) is 0 Å². The number of hydrogen-bond acceptors (Lipinski definition) is 3. The van der Waals surface area contributed by atoms with Crippen molar-refractivity contribution >= 4 is 11.8 Å². The molecule has 0 amide bonds. The average molecular weight is 211 g/mol. The van der Waals surface area contributed by atoms with Crippen molar-refractivity contribution in [3.63, 3.8) is 0 Å². The second-order valence-electron chi connectivity index (χ2n) is 3.88. The first-order valence-corrected chi connectivity index (χ1v) is 6.29. The first-order valence-electron chi connectivity index (χ1n) is 5.13. The molecule has 78 valence electrons. The predicted octanol–water partition coefficient (Wildman–Crippen LogP) is 1.56. The first-order chi connectivity index (χ1) is 6.86. The fourth-order valence-electron chi connectivity index (χ4n) is 1.71. The van der Waals surface area contributed by atoms with Gasteiger partial charge in [-0.1, -0.05) is 0 Å². The van der Waals surface area contributed by atoms with E-state index in [1.54, 1.807) is 0 Å². The van der Waals surface area contributed by atoms with Gasteiger partial charge in [0.1, 0.15) is 0 Å². The number of rotatable bonds is 4. The Hall–Kier alpha value is -0.480. The van der Waals surface area contributed by atoms with Crippen LogP contribution < -0.4 is 5.32 Å². The predicted molar refractivity (Wildman–Crippen MR) is 60.5 cm³/mol. The summed E-state index contributed by atoms with van der Waals surface area (Å²) in [6.45, 7) is 4.16. The second kappa shape index (κ2) is 4.84. The molecule has 2 N–H and O–H groups in total. The van der Waals surface area contributed by atoms with Crippen LogP contribution in [0.25, 0.3) is 0 Å². The molecular weight excluding hydrogens is 194 g/mol. The van der Waals surface area contributed by atoms with E-state index in [1.807, 2.05) is 6.20 Å². The highest BCUT2D eigenvalue weighted by Gasteiger charge is 2.14. The van der Waals surface area contributed by atoms with E-state index in [0.717, 1.165) is 19.0 Å². The summed E-state index contributed by atoms with van der Waals surface area (Å²) in [5, 5.41) is 10.5. The van der Waals surface area contributed by atoms with Gasteiger partial charge in [-0.2, -0.15) is 16.9 Å². The quantitative estimate of drug-likeness (QED) is 0.794. The van der Waals surface area contributed by atoms with Gasteiger partial charge in [0, 0.05) is 17.8 Å². The summed E-state index contributed by atoms with van der Waals surface area (Å²) >= 11 is 2.07. The molecule has 3 nitrogen and oxygen atoms in total. The zero-order valence-corrected chi connectivity index (χ0v) is 9.36. The van der Waals surface area contributed by atoms with E-state index in [0.29, 0.717) is 0 Å². The van der Waals surface area contributed by atoms with Crippen molar-refractivity contribution < 1.29 is 0 Å². The van der Waals surface area contributed by atoms with E-state index in [2.05, 4.69) is 34.2 Å². The van der Waals surface area contributed by atoms with Crippen molar-refractivity contribution in [2.45, 2.75) is 19.9 Å². The number of aromatic nitrogens is 2. The van der Waals surface area contributed by atoms with Crippen molar-refractivity contribution in [2.75, 3.05) is 18.1 Å². The molecule has 1 unspecified atom stereocenters. The number of H-pyrrole nitrogens is 1. The zero-order chi connectivity index (χ0) is 9.80. The average Bonchev–Trinajstić information content (AvgIpc) is 2.78. The second-order valence-corrected chi connectivity index (χ2v) is 5.03. The fraction of sp³-hybridized carbons (Fsp3) is 0.700. The molecule has 1 aromatic heterocycles. The van der Waals surface area contributed by atoms with Gasteiger partial charge in [-0.25, -0.2) is 0 Å². The van der Waals surface area contributed by atoms with Crippen molar-refractivity contribution in [1.82, 2.24) is 15.5 Å². The molecule has 0 bridgehead atoms. The molecule has 2 rings (SSSR count). The maximum atomic E-state index is 4.00. The van der Waals surface area contributed by atoms with Crippen molar-refractivity contribution in [1.29, 1.82) is 0 Å². The highest BCUT2D eigenvalue weighted by Crippen LogP contribution is 2.22. The molecule has 1 atom stereocenters. The molecule has 14 heavy (non-hydrogen) atoms. The Morgan fingerprint density at radius 1 is 1.71 bits per heavy atom. The molecule has 4 heteroatoms. The van der Waals surface area contributed by atoms with E-state index in [9.17, 15) is 0 Å². The molecule has 0 aromatic carbocycles. The Bertz CT molecular complexity index is 279. The third-order valence-electron chi connectivity index (χ3n) is 2.71. The molecule has 0 radical (unpaired) electrons. The maximum Gasteiger partial charge on any atom is 0.0535 e. The van der Waals surface area contributed by atoms with Gasteiger partial charge >= 0.3 is 0 Å². The molecule has 2 heterocycles. The molecule has 1 aliphatic heterocycles. The largest absolute Gasteiger partial charge is 0.312 e. The Morgan fingerprint density at radius 3 is 3.29 bits per heavy atom. The van der Waals surface area contributed by atoms with Gasteiger partial charge in [0.2, 0.25) is 0 Å². The minimum absolute atomic E-state index is 0.882. The molecule has 0 saturated carbocycles. The smallest absolute Gasteiger partial charge is 0.0535 e. The van der Waals surface area contributed by atoms with E-state index >= 15 is 0 Å². The molecule has 1 saturated heterocycles. The lowest BCUT2D eigenvalue weighted by Crippen LogP contribution is -2.22. The summed E-state index contributed by atoms with van der Waals surface area (Å²) in [6.07, 6.45) is 3.29. The van der Waals surface area contributed by atoms with Crippen LogP contribution in [-0.4, -0.2) is 28.2 Å². The standard InChI is InChI=1S/C10H17N3S/c1-8-10(6-12-13-8)5-11-4-9-2-3-14-7-9/h6,9,11H,2-5,7H2,1H3,(H,12,13). The number of nitrogens with one attached hydrogen (secondary N) is 2. The molecule has 0 spiro atoms. The molecular formula is C10H17N3S. The van der Waals surface area contributed by atoms with E-state index < -0.39 is 0 Å². The van der Waals surface area contributed by atoms with Crippen LogP contribution in [0.5, 0.6) is 0 Å². The third kappa shape index (κ3) is 2.51. The SMILES string of the molecule is Cc1[nH]ncc1CNCC1CCSC1. The van der Waals surface area contributed by atoms with Crippen LogP contribution >= 0.6 is 11.8 Å². The lowest BCUT2D eigenvalue weighted by Gasteiger charge is -2.09. The minimum Gasteiger partial charge on any atom is -0.312 e. The lowest BCUT2D eigenvalue weighted by molar-refractivity contribution is 0.523. The van der Waals surface area contributed by atoms with Gasteiger partial charge in [0.25, 0.3) is 0 Å². The molecule has 1 aromatic rings. The van der Waals surface area contributed by atoms with Crippen LogP contribution in [0.3, 0.4) is 0 Å². The fourth-order valence-corrected chi connectivity index (χ4v) is 2.99. The molecule has 1 fully saturated rings. The Morgan fingerprint density at radius 2 is 2.64 bits per heavy atom. The van der Waals surface area contributed by atoms with Crippen molar-refractivity contribution in [2.24, 2.45) is 5.92 Å². The van der Waals surface area contributed by atoms with Crippen LogP contribution in [0.2, 0.25) is 0 Å². The van der Waals surface area contributed by atoms with Gasteiger partial charge in [-0.3, -0.25) is 5.10 Å². The number of hydrogen-bond donors (Lipinski definition) is 2. The summed E-state index contributed by atoms with van der Waals surface area (Å²) in [4.78, 5) is 0. The van der Waals surface area contributed by atoms with Crippen LogP contribution in [0.15, 0.2) is 6.20 Å². The van der Waals surface area contributed by atoms with Crippen molar-refractivity contribution in [3.05, 3.63) is 17.5 Å². The van der Waals surface area contributed by atoms with Gasteiger partial charge in [-0.05, 0) is 37.3 Å². The summed E-state index contributed by atoms with van der Waals surface area (Å²) in [5.41, 5.74) is 2.47. The maximum absolute atomic E-state index is 4.00. The van der Waals surface area contributed by atoms with Gasteiger partial charge in [-0.15, -0.1) is 0 Å². The van der Waals surface area contributed by atoms with Crippen LogP contribution in [-0.2, 0) is 6.54 Å². The Labute approximate surface area is 89.1 Å². The van der Waals surface area contributed by atoms with E-state index in [4.69, 9.17) is 0 Å². The van der Waals surface area contributed by atoms with E-state index in [1.165, 1.54) is 29.2 Å². The van der Waals surface area contributed by atoms with Crippen LogP contribution in [0.1, 0.15) is 17.7 Å². The Balaban J connectivity index is 1.70. The summed E-state index contributed by atoms with van der Waals surface area (Å²) in [6, 6.07) is 0. The normalized spacial score (nSPS) is 21.6. The molecule has 0 aliphatic carbocycles. The zero-order valence-electron chi connectivity index (χ0n) is 8.55. The Kier molecular flexibility index (Phi) is 3.48. The summed E-state index contributed by atoms with van der Waals surface area (Å²) < 4.78 is 0. The number of thioether (sulfide) groups is 1. The summed E-state index contributed by atoms with van der Waals surface area (Å²) in [7, 11) is 0. The van der Waals surface area contributed by atoms with Crippen molar-refractivity contribution in [3.8, 4) is 0 Å². The highest BCUT2D eigenvalue weighted by atomic mass is 32.2. The molecule has 1 aliphatic rings. The van der Waals surface area contributed by atoms with Gasteiger partial charge in [0.15, 0.2) is 0 Å². The topological polar surface area (TPSA) is 40.7 Å². The van der Waals surface area contributed by atoms with Crippen LogP contribution in [0, 0.1) is 12.8 Å². The number of aryl methyl sites for hydroxylation is 1. The first kappa shape index (κ1) is 10.1. The number of nitrogens with zero attached hydrogens (tertiary/aromatic N) is 1.